The SMILES string of the molecule is CCC1(CNC2CCCC2CN)CCOCC1. The number of rotatable bonds is 5. The van der Waals surface area contributed by atoms with Crippen molar-refractivity contribution in [2.75, 3.05) is 26.3 Å². The number of hydrogen-bond donors (Lipinski definition) is 2. The number of nitrogens with two attached hydrogens (primary N) is 1. The van der Waals surface area contributed by atoms with Gasteiger partial charge in [-0.1, -0.05) is 13.3 Å². The molecule has 17 heavy (non-hydrogen) atoms. The van der Waals surface area contributed by atoms with Gasteiger partial charge in [-0.25, -0.2) is 0 Å². The van der Waals surface area contributed by atoms with E-state index in [9.17, 15) is 0 Å². The molecule has 0 amide bonds. The molecule has 0 aromatic heterocycles. The van der Waals surface area contributed by atoms with Gasteiger partial charge in [-0.2, -0.15) is 0 Å². The van der Waals surface area contributed by atoms with E-state index >= 15 is 0 Å². The molecule has 1 aliphatic carbocycles. The standard InChI is InChI=1S/C14H28N2O/c1-2-14(6-8-17-9-7-14)11-16-13-5-3-4-12(13)10-15/h12-13,16H,2-11,15H2,1H3. The van der Waals surface area contributed by atoms with Crippen LogP contribution in [0.15, 0.2) is 0 Å². The largest absolute Gasteiger partial charge is 0.381 e. The highest BCUT2D eigenvalue weighted by Gasteiger charge is 2.33. The Hall–Kier alpha value is -0.120. The lowest BCUT2D eigenvalue weighted by Gasteiger charge is -2.38. The van der Waals surface area contributed by atoms with Crippen molar-refractivity contribution in [3.05, 3.63) is 0 Å². The van der Waals surface area contributed by atoms with Crippen LogP contribution in [0.1, 0.15) is 45.4 Å². The Bertz CT molecular complexity index is 226. The van der Waals surface area contributed by atoms with Crippen molar-refractivity contribution in [1.29, 1.82) is 0 Å². The van der Waals surface area contributed by atoms with Crippen molar-refractivity contribution in [3.63, 3.8) is 0 Å². The Morgan fingerprint density at radius 1 is 1.29 bits per heavy atom. The highest BCUT2D eigenvalue weighted by atomic mass is 16.5. The summed E-state index contributed by atoms with van der Waals surface area (Å²) in [6.07, 6.45) is 7.69. The van der Waals surface area contributed by atoms with Crippen LogP contribution in [0.2, 0.25) is 0 Å². The van der Waals surface area contributed by atoms with Crippen LogP contribution in [-0.2, 0) is 4.74 Å². The molecule has 2 atom stereocenters. The predicted octanol–water partition coefficient (Wildman–Crippen LogP) is 1.91. The first kappa shape index (κ1) is 13.3. The van der Waals surface area contributed by atoms with Gasteiger partial charge in [0, 0.05) is 25.8 Å². The van der Waals surface area contributed by atoms with Gasteiger partial charge in [0.2, 0.25) is 0 Å². The van der Waals surface area contributed by atoms with Crippen LogP contribution in [0.5, 0.6) is 0 Å². The smallest absolute Gasteiger partial charge is 0.0471 e. The predicted molar refractivity (Wildman–Crippen MR) is 71.0 cm³/mol. The molecule has 0 aromatic carbocycles. The third-order valence-electron chi connectivity index (χ3n) is 5.00. The molecule has 0 spiro atoms. The van der Waals surface area contributed by atoms with Crippen LogP contribution in [0, 0.1) is 11.3 Å². The molecule has 1 heterocycles. The van der Waals surface area contributed by atoms with Gasteiger partial charge in [0.25, 0.3) is 0 Å². The Morgan fingerprint density at radius 2 is 2.06 bits per heavy atom. The fourth-order valence-corrected chi connectivity index (χ4v) is 3.40. The fourth-order valence-electron chi connectivity index (χ4n) is 3.40. The number of hydrogen-bond acceptors (Lipinski definition) is 3. The third kappa shape index (κ3) is 3.21. The molecular formula is C14H28N2O. The zero-order valence-electron chi connectivity index (χ0n) is 11.2. The highest BCUT2D eigenvalue weighted by Crippen LogP contribution is 2.34. The summed E-state index contributed by atoms with van der Waals surface area (Å²) in [5, 5.41) is 3.81. The quantitative estimate of drug-likeness (QED) is 0.771. The van der Waals surface area contributed by atoms with E-state index in [1.807, 2.05) is 0 Å². The van der Waals surface area contributed by atoms with Crippen molar-refractivity contribution in [2.45, 2.75) is 51.5 Å². The Labute approximate surface area is 105 Å². The lowest BCUT2D eigenvalue weighted by atomic mass is 9.77. The molecule has 3 nitrogen and oxygen atoms in total. The molecular weight excluding hydrogens is 212 g/mol. The summed E-state index contributed by atoms with van der Waals surface area (Å²) < 4.78 is 5.49. The van der Waals surface area contributed by atoms with Gasteiger partial charge in [-0.3, -0.25) is 0 Å². The maximum atomic E-state index is 5.84. The molecule has 1 saturated heterocycles. The fraction of sp³-hybridized carbons (Fsp3) is 1.00. The molecule has 1 saturated carbocycles. The summed E-state index contributed by atoms with van der Waals surface area (Å²) >= 11 is 0. The average Bonchev–Trinajstić information content (AvgIpc) is 2.85. The zero-order valence-corrected chi connectivity index (χ0v) is 11.2. The molecule has 1 aliphatic heterocycles. The molecule has 2 aliphatic rings. The van der Waals surface area contributed by atoms with Crippen molar-refractivity contribution in [2.24, 2.45) is 17.1 Å². The van der Waals surface area contributed by atoms with E-state index in [2.05, 4.69) is 12.2 Å². The number of ether oxygens (including phenoxy) is 1. The van der Waals surface area contributed by atoms with Crippen molar-refractivity contribution in [3.8, 4) is 0 Å². The Morgan fingerprint density at radius 3 is 2.71 bits per heavy atom. The molecule has 0 aromatic rings. The summed E-state index contributed by atoms with van der Waals surface area (Å²) in [5.41, 5.74) is 6.32. The van der Waals surface area contributed by atoms with Crippen molar-refractivity contribution in [1.82, 2.24) is 5.32 Å². The molecule has 3 heteroatoms. The first-order valence-electron chi connectivity index (χ1n) is 7.31. The second-order valence-electron chi connectivity index (χ2n) is 5.88. The van der Waals surface area contributed by atoms with Gasteiger partial charge >= 0.3 is 0 Å². The second-order valence-corrected chi connectivity index (χ2v) is 5.88. The van der Waals surface area contributed by atoms with Gasteiger partial charge in [0.05, 0.1) is 0 Å². The summed E-state index contributed by atoms with van der Waals surface area (Å²) in [6, 6.07) is 0.672. The van der Waals surface area contributed by atoms with Gasteiger partial charge < -0.3 is 15.8 Å². The van der Waals surface area contributed by atoms with E-state index in [-0.39, 0.29) is 0 Å². The Balaban J connectivity index is 1.82. The summed E-state index contributed by atoms with van der Waals surface area (Å²) in [4.78, 5) is 0. The molecule has 2 rings (SSSR count). The molecule has 100 valence electrons. The van der Waals surface area contributed by atoms with E-state index in [4.69, 9.17) is 10.5 Å². The van der Waals surface area contributed by atoms with Crippen LogP contribution in [0.25, 0.3) is 0 Å². The third-order valence-corrected chi connectivity index (χ3v) is 5.00. The van der Waals surface area contributed by atoms with Crippen LogP contribution < -0.4 is 11.1 Å². The van der Waals surface area contributed by atoms with Crippen LogP contribution in [-0.4, -0.2) is 32.3 Å². The van der Waals surface area contributed by atoms with E-state index in [1.165, 1.54) is 38.5 Å². The number of nitrogens with one attached hydrogen (secondary N) is 1. The summed E-state index contributed by atoms with van der Waals surface area (Å²) in [6.45, 7) is 6.22. The topological polar surface area (TPSA) is 47.3 Å². The summed E-state index contributed by atoms with van der Waals surface area (Å²) in [7, 11) is 0. The highest BCUT2D eigenvalue weighted by molar-refractivity contribution is 4.88. The van der Waals surface area contributed by atoms with E-state index < -0.39 is 0 Å². The molecule has 2 fully saturated rings. The second kappa shape index (κ2) is 6.17. The van der Waals surface area contributed by atoms with Crippen molar-refractivity contribution >= 4 is 0 Å². The Kier molecular flexibility index (Phi) is 4.83. The minimum absolute atomic E-state index is 0.486. The zero-order chi connectivity index (χ0) is 12.1. The maximum absolute atomic E-state index is 5.84. The summed E-state index contributed by atoms with van der Waals surface area (Å²) in [5.74, 6) is 0.712. The van der Waals surface area contributed by atoms with Gasteiger partial charge in [-0.05, 0) is 50.0 Å². The van der Waals surface area contributed by atoms with Gasteiger partial charge in [0.1, 0.15) is 0 Å². The van der Waals surface area contributed by atoms with E-state index in [1.54, 1.807) is 0 Å². The first-order valence-corrected chi connectivity index (χ1v) is 7.31. The van der Waals surface area contributed by atoms with Crippen LogP contribution in [0.4, 0.5) is 0 Å². The monoisotopic (exact) mass is 240 g/mol. The molecule has 2 unspecified atom stereocenters. The van der Waals surface area contributed by atoms with Crippen LogP contribution >= 0.6 is 0 Å². The lowest BCUT2D eigenvalue weighted by molar-refractivity contribution is 0.0110. The lowest BCUT2D eigenvalue weighted by Crippen LogP contribution is -2.45. The first-order chi connectivity index (χ1) is 8.29. The average molecular weight is 240 g/mol. The van der Waals surface area contributed by atoms with Gasteiger partial charge in [0.15, 0.2) is 0 Å². The molecule has 0 radical (unpaired) electrons. The van der Waals surface area contributed by atoms with E-state index in [0.29, 0.717) is 17.4 Å². The van der Waals surface area contributed by atoms with Crippen molar-refractivity contribution < 1.29 is 4.74 Å². The molecule has 0 bridgehead atoms. The van der Waals surface area contributed by atoms with Gasteiger partial charge in [-0.15, -0.1) is 0 Å². The minimum atomic E-state index is 0.486. The maximum Gasteiger partial charge on any atom is 0.0471 e. The molecule has 3 N–H and O–H groups in total. The normalized spacial score (nSPS) is 32.8. The van der Waals surface area contributed by atoms with E-state index in [0.717, 1.165) is 26.3 Å². The van der Waals surface area contributed by atoms with Crippen LogP contribution in [0.3, 0.4) is 0 Å². The minimum Gasteiger partial charge on any atom is -0.381 e.